The van der Waals surface area contributed by atoms with Crippen LogP contribution < -0.4 is 15.6 Å². The highest BCUT2D eigenvalue weighted by molar-refractivity contribution is 7.05. The van der Waals surface area contributed by atoms with E-state index in [1.54, 1.807) is 23.9 Å². The van der Waals surface area contributed by atoms with E-state index in [4.69, 9.17) is 4.74 Å². The molecular formula is C12H15N3O2S. The van der Waals surface area contributed by atoms with Gasteiger partial charge in [-0.25, -0.2) is 0 Å². The van der Waals surface area contributed by atoms with Gasteiger partial charge >= 0.3 is 0 Å². The second-order valence-corrected chi connectivity index (χ2v) is 4.59. The fourth-order valence-electron chi connectivity index (χ4n) is 1.58. The van der Waals surface area contributed by atoms with Gasteiger partial charge < -0.3 is 14.6 Å². The summed E-state index contributed by atoms with van der Waals surface area (Å²) in [6.07, 6.45) is 1.78. The molecule has 2 heterocycles. The zero-order chi connectivity index (χ0) is 13.0. The van der Waals surface area contributed by atoms with Gasteiger partial charge in [0.1, 0.15) is 5.69 Å². The van der Waals surface area contributed by atoms with Gasteiger partial charge in [0.05, 0.1) is 13.7 Å². The van der Waals surface area contributed by atoms with Crippen LogP contribution in [0.15, 0.2) is 29.2 Å². The average molecular weight is 265 g/mol. The van der Waals surface area contributed by atoms with E-state index in [0.717, 1.165) is 4.88 Å². The third kappa shape index (κ3) is 2.70. The van der Waals surface area contributed by atoms with E-state index in [-0.39, 0.29) is 5.56 Å². The molecule has 0 aromatic carbocycles. The monoisotopic (exact) mass is 265 g/mol. The van der Waals surface area contributed by atoms with E-state index in [0.29, 0.717) is 24.7 Å². The first-order valence-electron chi connectivity index (χ1n) is 5.67. The maximum absolute atomic E-state index is 11.9. The van der Waals surface area contributed by atoms with Crippen molar-refractivity contribution in [1.82, 2.24) is 8.94 Å². The van der Waals surface area contributed by atoms with Crippen LogP contribution in [0.3, 0.4) is 0 Å². The second-order valence-electron chi connectivity index (χ2n) is 3.70. The Balaban J connectivity index is 2.08. The van der Waals surface area contributed by atoms with Gasteiger partial charge in [0.15, 0.2) is 0 Å². The van der Waals surface area contributed by atoms with Crippen molar-refractivity contribution < 1.29 is 4.74 Å². The summed E-state index contributed by atoms with van der Waals surface area (Å²) in [5, 5.41) is 3.12. The number of aryl methyl sites for hydroxylation is 1. The van der Waals surface area contributed by atoms with E-state index in [1.165, 1.54) is 11.5 Å². The average Bonchev–Trinajstić information content (AvgIpc) is 2.85. The maximum atomic E-state index is 11.9. The molecule has 18 heavy (non-hydrogen) atoms. The minimum Gasteiger partial charge on any atom is -0.480 e. The number of ether oxygens (including phenoxy) is 1. The van der Waals surface area contributed by atoms with Gasteiger partial charge in [-0.05, 0) is 30.6 Å². The molecule has 6 heteroatoms. The minimum absolute atomic E-state index is 0.00326. The molecule has 0 atom stereocenters. The Bertz CT molecular complexity index is 577. The lowest BCUT2D eigenvalue weighted by molar-refractivity contribution is 0.402. The van der Waals surface area contributed by atoms with Crippen molar-refractivity contribution in [1.29, 1.82) is 0 Å². The lowest BCUT2D eigenvalue weighted by Crippen LogP contribution is -2.21. The van der Waals surface area contributed by atoms with Crippen LogP contribution in [0.4, 0.5) is 5.69 Å². The molecule has 0 radical (unpaired) electrons. The van der Waals surface area contributed by atoms with Crippen LogP contribution in [0, 0.1) is 0 Å². The summed E-state index contributed by atoms with van der Waals surface area (Å²) < 4.78 is 10.8. The lowest BCUT2D eigenvalue weighted by Gasteiger charge is -2.06. The van der Waals surface area contributed by atoms with E-state index in [9.17, 15) is 4.79 Å². The molecule has 96 valence electrons. The van der Waals surface area contributed by atoms with Crippen molar-refractivity contribution in [2.45, 2.75) is 20.0 Å². The normalized spacial score (nSPS) is 10.3. The van der Waals surface area contributed by atoms with Crippen molar-refractivity contribution in [2.24, 2.45) is 0 Å². The molecule has 0 unspecified atom stereocenters. The number of aromatic nitrogens is 2. The summed E-state index contributed by atoms with van der Waals surface area (Å²) in [7, 11) is 1.59. The van der Waals surface area contributed by atoms with Gasteiger partial charge in [0, 0.05) is 23.7 Å². The molecule has 0 saturated carbocycles. The first kappa shape index (κ1) is 12.6. The smallest absolute Gasteiger partial charge is 0.273 e. The summed E-state index contributed by atoms with van der Waals surface area (Å²) in [6, 6.07) is 5.51. The molecule has 0 aliphatic rings. The van der Waals surface area contributed by atoms with Crippen LogP contribution in [-0.2, 0) is 13.1 Å². The van der Waals surface area contributed by atoms with Crippen molar-refractivity contribution in [3.05, 3.63) is 39.6 Å². The van der Waals surface area contributed by atoms with Gasteiger partial charge in [-0.3, -0.25) is 4.79 Å². The number of methoxy groups -OCH3 is 1. The SMILES string of the molecule is CCn1cccc(NCc2cc(OC)ns2)c1=O. The topological polar surface area (TPSA) is 56.1 Å². The number of rotatable bonds is 5. The molecule has 0 saturated heterocycles. The highest BCUT2D eigenvalue weighted by atomic mass is 32.1. The van der Waals surface area contributed by atoms with E-state index in [1.807, 2.05) is 19.1 Å². The molecular weight excluding hydrogens is 250 g/mol. The first-order chi connectivity index (χ1) is 8.74. The van der Waals surface area contributed by atoms with Crippen molar-refractivity contribution in [2.75, 3.05) is 12.4 Å². The Morgan fingerprint density at radius 1 is 1.56 bits per heavy atom. The Hall–Kier alpha value is -1.82. The summed E-state index contributed by atoms with van der Waals surface area (Å²) in [4.78, 5) is 13.0. The van der Waals surface area contributed by atoms with Gasteiger partial charge in [0.2, 0.25) is 5.88 Å². The molecule has 2 aromatic heterocycles. The lowest BCUT2D eigenvalue weighted by atomic mass is 10.3. The second kappa shape index (κ2) is 5.68. The Morgan fingerprint density at radius 3 is 3.06 bits per heavy atom. The number of anilines is 1. The maximum Gasteiger partial charge on any atom is 0.273 e. The van der Waals surface area contributed by atoms with Gasteiger partial charge in [0.25, 0.3) is 5.56 Å². The quantitative estimate of drug-likeness (QED) is 0.897. The number of nitrogens with one attached hydrogen (secondary N) is 1. The molecule has 2 aromatic rings. The summed E-state index contributed by atoms with van der Waals surface area (Å²) in [5.74, 6) is 0.607. The third-order valence-corrected chi connectivity index (χ3v) is 3.33. The van der Waals surface area contributed by atoms with E-state index < -0.39 is 0 Å². The van der Waals surface area contributed by atoms with E-state index >= 15 is 0 Å². The van der Waals surface area contributed by atoms with Gasteiger partial charge in [-0.1, -0.05) is 0 Å². The minimum atomic E-state index is -0.00326. The van der Waals surface area contributed by atoms with Crippen LogP contribution >= 0.6 is 11.5 Å². The predicted octanol–water partition coefficient (Wildman–Crippen LogP) is 1.95. The van der Waals surface area contributed by atoms with Crippen LogP contribution in [0.5, 0.6) is 5.88 Å². The number of pyridine rings is 1. The van der Waals surface area contributed by atoms with Crippen molar-refractivity contribution in [3.63, 3.8) is 0 Å². The molecule has 0 amide bonds. The zero-order valence-corrected chi connectivity index (χ0v) is 11.2. The Labute approximate surface area is 109 Å². The Kier molecular flexibility index (Phi) is 3.99. The van der Waals surface area contributed by atoms with Gasteiger partial charge in [-0.2, -0.15) is 4.37 Å². The summed E-state index contributed by atoms with van der Waals surface area (Å²) >= 11 is 1.36. The number of nitrogens with zero attached hydrogens (tertiary/aromatic N) is 2. The van der Waals surface area contributed by atoms with Crippen LogP contribution in [0.25, 0.3) is 0 Å². The fourth-order valence-corrected chi connectivity index (χ4v) is 2.20. The standard InChI is InChI=1S/C12H15N3O2S/c1-3-15-6-4-5-10(12(15)16)13-8-9-7-11(17-2)14-18-9/h4-7,13H,3,8H2,1-2H3. The highest BCUT2D eigenvalue weighted by Crippen LogP contribution is 2.16. The molecule has 5 nitrogen and oxygen atoms in total. The molecule has 0 spiro atoms. The van der Waals surface area contributed by atoms with Crippen molar-refractivity contribution >= 4 is 17.2 Å². The predicted molar refractivity (Wildman–Crippen MR) is 72.4 cm³/mol. The third-order valence-electron chi connectivity index (χ3n) is 2.56. The highest BCUT2D eigenvalue weighted by Gasteiger charge is 2.04. The molecule has 0 fully saturated rings. The largest absolute Gasteiger partial charge is 0.480 e. The number of hydrogen-bond donors (Lipinski definition) is 1. The molecule has 2 rings (SSSR count). The first-order valence-corrected chi connectivity index (χ1v) is 6.45. The van der Waals surface area contributed by atoms with Crippen LogP contribution in [0.1, 0.15) is 11.8 Å². The van der Waals surface area contributed by atoms with Crippen LogP contribution in [0.2, 0.25) is 0 Å². The molecule has 0 bridgehead atoms. The number of hydrogen-bond acceptors (Lipinski definition) is 5. The van der Waals surface area contributed by atoms with Crippen molar-refractivity contribution in [3.8, 4) is 5.88 Å². The fraction of sp³-hybridized carbons (Fsp3) is 0.333. The summed E-state index contributed by atoms with van der Waals surface area (Å²) in [5.41, 5.74) is 0.600. The van der Waals surface area contributed by atoms with E-state index in [2.05, 4.69) is 9.69 Å². The Morgan fingerprint density at radius 2 is 2.39 bits per heavy atom. The van der Waals surface area contributed by atoms with Gasteiger partial charge in [-0.15, -0.1) is 0 Å². The molecule has 1 N–H and O–H groups in total. The van der Waals surface area contributed by atoms with Crippen LogP contribution in [-0.4, -0.2) is 16.1 Å². The molecule has 0 aliphatic carbocycles. The summed E-state index contributed by atoms with van der Waals surface area (Å²) in [6.45, 7) is 3.19. The zero-order valence-electron chi connectivity index (χ0n) is 10.3. The molecule has 0 aliphatic heterocycles.